The van der Waals surface area contributed by atoms with Gasteiger partial charge in [-0.1, -0.05) is 24.8 Å². The van der Waals surface area contributed by atoms with Crippen LogP contribution in [0.1, 0.15) is 43.2 Å². The molecule has 3 aliphatic rings. The Hall–Kier alpha value is -2.60. The van der Waals surface area contributed by atoms with Crippen molar-refractivity contribution in [1.29, 1.82) is 0 Å². The fourth-order valence-electron chi connectivity index (χ4n) is 5.66. The summed E-state index contributed by atoms with van der Waals surface area (Å²) in [6, 6.07) is 6.65. The second-order valence-electron chi connectivity index (χ2n) is 8.61. The molecular weight excluding hydrogens is 402 g/mol. The van der Waals surface area contributed by atoms with Crippen LogP contribution in [0, 0.1) is 18.3 Å². The first-order chi connectivity index (χ1) is 14.7. The third kappa shape index (κ3) is 4.40. The molecule has 4 rings (SSSR count). The molecule has 2 bridgehead atoms. The van der Waals surface area contributed by atoms with Crippen LogP contribution in [0.4, 0.5) is 0 Å². The molecule has 1 heterocycles. The lowest BCUT2D eigenvalue weighted by molar-refractivity contribution is -0.165. The van der Waals surface area contributed by atoms with Crippen molar-refractivity contribution in [2.75, 3.05) is 13.1 Å². The van der Waals surface area contributed by atoms with E-state index in [1.807, 2.05) is 6.07 Å². The maximum Gasteiger partial charge on any atom is 0.335 e. The Bertz CT molecular complexity index is 861. The zero-order valence-corrected chi connectivity index (χ0v) is 17.3. The molecule has 1 aromatic carbocycles. The number of fused-ring (bicyclic) bond motifs is 1. The van der Waals surface area contributed by atoms with Crippen LogP contribution in [-0.2, 0) is 21.4 Å². The quantitative estimate of drug-likeness (QED) is 0.445. The van der Waals surface area contributed by atoms with Crippen LogP contribution >= 0.6 is 0 Å². The number of benzene rings is 1. The van der Waals surface area contributed by atoms with E-state index in [0.717, 1.165) is 25.4 Å². The summed E-state index contributed by atoms with van der Waals surface area (Å²) in [7, 11) is 0. The monoisotopic (exact) mass is 431 g/mol. The zero-order chi connectivity index (χ0) is 22.8. The van der Waals surface area contributed by atoms with Gasteiger partial charge in [0.1, 0.15) is 5.75 Å². The van der Waals surface area contributed by atoms with Crippen LogP contribution in [0.3, 0.4) is 0 Å². The average Bonchev–Trinajstić information content (AvgIpc) is 2.75. The Morgan fingerprint density at radius 1 is 1.16 bits per heavy atom. The second-order valence-corrected chi connectivity index (χ2v) is 8.61. The highest BCUT2D eigenvalue weighted by molar-refractivity contribution is 5.83. The summed E-state index contributed by atoms with van der Waals surface area (Å²) in [5, 5.41) is 42.5. The molecule has 8 nitrogen and oxygen atoms in total. The molecule has 1 aliphatic heterocycles. The minimum atomic E-state index is -2.27. The van der Waals surface area contributed by atoms with Crippen molar-refractivity contribution in [2.24, 2.45) is 5.92 Å². The van der Waals surface area contributed by atoms with E-state index in [2.05, 4.69) is 23.0 Å². The molecule has 168 valence electrons. The highest BCUT2D eigenvalue weighted by Crippen LogP contribution is 2.56. The van der Waals surface area contributed by atoms with Gasteiger partial charge in [-0.05, 0) is 54.9 Å². The summed E-state index contributed by atoms with van der Waals surface area (Å²) in [4.78, 5) is 22.1. The Morgan fingerprint density at radius 2 is 1.84 bits per heavy atom. The number of hydrogen-bond donors (Lipinski definition) is 5. The van der Waals surface area contributed by atoms with E-state index < -0.39 is 24.1 Å². The Morgan fingerprint density at radius 3 is 2.45 bits per heavy atom. The Balaban J connectivity index is 0.000000233. The molecule has 1 saturated carbocycles. The van der Waals surface area contributed by atoms with Crippen molar-refractivity contribution in [2.45, 2.75) is 62.2 Å². The smallest absolute Gasteiger partial charge is 0.335 e. The number of aliphatic hydroxyl groups is 2. The number of aliphatic carboxylic acids is 2. The van der Waals surface area contributed by atoms with Gasteiger partial charge in [0.15, 0.2) is 12.2 Å². The fourth-order valence-corrected chi connectivity index (χ4v) is 5.66. The summed E-state index contributed by atoms with van der Waals surface area (Å²) in [5.41, 5.74) is 3.20. The van der Waals surface area contributed by atoms with E-state index in [4.69, 9.17) is 26.8 Å². The minimum absolute atomic E-state index is 0.306. The molecule has 8 heteroatoms. The number of nitrogens with zero attached hydrogens (tertiary/aromatic N) is 1. The maximum absolute atomic E-state index is 9.97. The number of piperidine rings is 1. The molecule has 0 spiro atoms. The van der Waals surface area contributed by atoms with Gasteiger partial charge in [-0.25, -0.2) is 9.59 Å². The first kappa shape index (κ1) is 23.1. The molecule has 0 unspecified atom stereocenters. The van der Waals surface area contributed by atoms with Gasteiger partial charge in [-0.2, -0.15) is 0 Å². The van der Waals surface area contributed by atoms with Crippen LogP contribution in [-0.4, -0.2) is 73.7 Å². The minimum Gasteiger partial charge on any atom is -0.508 e. The van der Waals surface area contributed by atoms with Gasteiger partial charge in [0.2, 0.25) is 0 Å². The Labute approximate surface area is 181 Å². The number of carbonyl (C=O) groups is 2. The highest BCUT2D eigenvalue weighted by Gasteiger charge is 2.53. The molecule has 0 amide bonds. The lowest BCUT2D eigenvalue weighted by Gasteiger charge is -2.58. The van der Waals surface area contributed by atoms with Crippen molar-refractivity contribution in [3.63, 3.8) is 0 Å². The normalized spacial score (nSPS) is 28.5. The number of hydrogen-bond acceptors (Lipinski definition) is 6. The summed E-state index contributed by atoms with van der Waals surface area (Å²) in [6.07, 6.45) is 8.64. The third-order valence-corrected chi connectivity index (χ3v) is 7.03. The summed E-state index contributed by atoms with van der Waals surface area (Å²) < 4.78 is 0. The zero-order valence-electron chi connectivity index (χ0n) is 17.3. The lowest BCUT2D eigenvalue weighted by Crippen LogP contribution is -2.60. The largest absolute Gasteiger partial charge is 0.508 e. The van der Waals surface area contributed by atoms with E-state index in [0.29, 0.717) is 17.2 Å². The number of phenolic OH excluding ortho intramolecular Hbond substituents is 1. The Kier molecular flexibility index (Phi) is 6.90. The topological polar surface area (TPSA) is 139 Å². The van der Waals surface area contributed by atoms with Gasteiger partial charge in [-0.3, -0.25) is 4.90 Å². The predicted octanol–water partition coefficient (Wildman–Crippen LogP) is 0.961. The van der Waals surface area contributed by atoms with Crippen LogP contribution in [0.5, 0.6) is 5.75 Å². The fraction of sp³-hybridized carbons (Fsp3) is 0.565. The second kappa shape index (κ2) is 9.27. The van der Waals surface area contributed by atoms with Crippen molar-refractivity contribution in [1.82, 2.24) is 4.90 Å². The number of carboxylic acids is 2. The summed E-state index contributed by atoms with van der Waals surface area (Å²) >= 11 is 0. The highest BCUT2D eigenvalue weighted by atomic mass is 16.4. The number of aromatic hydroxyl groups is 1. The van der Waals surface area contributed by atoms with Crippen LogP contribution < -0.4 is 0 Å². The van der Waals surface area contributed by atoms with E-state index in [-0.39, 0.29) is 0 Å². The van der Waals surface area contributed by atoms with Gasteiger partial charge in [0.05, 0.1) is 6.54 Å². The van der Waals surface area contributed by atoms with Crippen molar-refractivity contribution in [3.8, 4) is 18.1 Å². The number of phenols is 1. The summed E-state index contributed by atoms with van der Waals surface area (Å²) in [5.74, 6) is 0.468. The molecule has 2 fully saturated rings. The molecule has 2 aliphatic carbocycles. The molecule has 5 N–H and O–H groups in total. The van der Waals surface area contributed by atoms with Crippen molar-refractivity contribution < 1.29 is 35.1 Å². The van der Waals surface area contributed by atoms with Crippen molar-refractivity contribution in [3.05, 3.63) is 29.3 Å². The van der Waals surface area contributed by atoms with Gasteiger partial charge < -0.3 is 25.5 Å². The number of carboxylic acid groups (broad SMARTS) is 2. The molecule has 1 saturated heterocycles. The molecule has 5 atom stereocenters. The summed E-state index contributed by atoms with van der Waals surface area (Å²) in [6.45, 7) is 1.89. The van der Waals surface area contributed by atoms with Crippen molar-refractivity contribution >= 4 is 11.9 Å². The van der Waals surface area contributed by atoms with Gasteiger partial charge in [-0.15, -0.1) is 6.42 Å². The van der Waals surface area contributed by atoms with Gasteiger partial charge in [0, 0.05) is 18.0 Å². The SMILES string of the molecule is C#CCN1CC[C@]23CCCC[C@H]2[C@@H]1Cc1ccc(O)cc13.O=C(O)[C@H](O)[C@@H](O)C(=O)O. The van der Waals surface area contributed by atoms with E-state index in [1.165, 1.54) is 43.2 Å². The van der Waals surface area contributed by atoms with Crippen LogP contribution in [0.15, 0.2) is 18.2 Å². The number of terminal acetylenes is 1. The van der Waals surface area contributed by atoms with Crippen LogP contribution in [0.25, 0.3) is 0 Å². The van der Waals surface area contributed by atoms with Gasteiger partial charge in [0.25, 0.3) is 0 Å². The average molecular weight is 431 g/mol. The standard InChI is InChI=1S/C19H23NO.C4H6O6/c1-2-10-20-11-9-19-8-4-3-5-16(19)18(20)12-14-6-7-15(21)13-17(14)19;5-1(3(7)8)2(6)4(9)10/h1,6-7,13,16,18,21H,3-5,8-12H2;1-2,5-6H,(H,7,8)(H,9,10)/t16-,18-,19+;1-,2-/m01/s1. The van der Waals surface area contributed by atoms with E-state index in [1.54, 1.807) is 0 Å². The lowest BCUT2D eigenvalue weighted by atomic mass is 9.52. The van der Waals surface area contributed by atoms with Gasteiger partial charge >= 0.3 is 11.9 Å². The first-order valence-electron chi connectivity index (χ1n) is 10.5. The van der Waals surface area contributed by atoms with E-state index in [9.17, 15) is 14.7 Å². The first-order valence-corrected chi connectivity index (χ1v) is 10.5. The van der Waals surface area contributed by atoms with Crippen LogP contribution in [0.2, 0.25) is 0 Å². The molecule has 0 radical (unpaired) electrons. The number of rotatable bonds is 4. The maximum atomic E-state index is 9.97. The number of aliphatic hydroxyl groups excluding tert-OH is 2. The van der Waals surface area contributed by atoms with E-state index >= 15 is 0 Å². The molecular formula is C23H29NO7. The molecule has 1 aromatic rings. The molecule has 0 aromatic heterocycles. The molecule has 31 heavy (non-hydrogen) atoms. The number of likely N-dealkylation sites (tertiary alicyclic amines) is 1. The predicted molar refractivity (Wildman–Crippen MR) is 112 cm³/mol. The third-order valence-electron chi connectivity index (χ3n) is 7.03.